The van der Waals surface area contributed by atoms with Gasteiger partial charge in [0.2, 0.25) is 0 Å². The zero-order chi connectivity index (χ0) is 18.8. The molecule has 0 aliphatic rings. The van der Waals surface area contributed by atoms with Crippen molar-refractivity contribution >= 4 is 17.8 Å². The van der Waals surface area contributed by atoms with Crippen molar-refractivity contribution in [2.24, 2.45) is 0 Å². The number of amides is 2. The normalized spacial score (nSPS) is 10.2. The molecule has 0 aliphatic carbocycles. The number of rotatable bonds is 9. The highest BCUT2D eigenvalue weighted by atomic mass is 16.5. The average Bonchev–Trinajstić information content (AvgIpc) is 2.59. The molecule has 0 aromatic heterocycles. The van der Waals surface area contributed by atoms with Crippen LogP contribution in [0.5, 0.6) is 0 Å². The minimum Gasteiger partial charge on any atom is -0.454 e. The maximum Gasteiger partial charge on any atom is 0.325 e. The number of hydrogen-bond donors (Lipinski definition) is 1. The molecular weight excluding hydrogens is 320 g/mol. The van der Waals surface area contributed by atoms with Crippen LogP contribution in [-0.2, 0) is 14.3 Å². The zero-order valence-electron chi connectivity index (χ0n) is 15.6. The van der Waals surface area contributed by atoms with Gasteiger partial charge in [0.05, 0.1) is 0 Å². The van der Waals surface area contributed by atoms with Crippen LogP contribution in [0.15, 0.2) is 18.2 Å². The van der Waals surface area contributed by atoms with Gasteiger partial charge >= 0.3 is 5.97 Å². The number of hydrogen-bond acceptors (Lipinski definition) is 4. The summed E-state index contributed by atoms with van der Waals surface area (Å²) >= 11 is 0. The summed E-state index contributed by atoms with van der Waals surface area (Å²) in [6.07, 6.45) is 1.71. The Kier molecular flexibility index (Phi) is 8.67. The number of benzene rings is 1. The Morgan fingerprint density at radius 3 is 2.24 bits per heavy atom. The molecule has 0 spiro atoms. The van der Waals surface area contributed by atoms with Crippen LogP contribution in [-0.4, -0.2) is 48.9 Å². The summed E-state index contributed by atoms with van der Waals surface area (Å²) in [7, 11) is 0. The minimum atomic E-state index is -0.626. The van der Waals surface area contributed by atoms with Crippen LogP contribution >= 0.6 is 0 Å². The van der Waals surface area contributed by atoms with Gasteiger partial charge in [0.15, 0.2) is 6.61 Å². The van der Waals surface area contributed by atoms with Gasteiger partial charge in [0.25, 0.3) is 11.8 Å². The zero-order valence-corrected chi connectivity index (χ0v) is 15.6. The van der Waals surface area contributed by atoms with E-state index in [1.165, 1.54) is 0 Å². The molecule has 0 heterocycles. The van der Waals surface area contributed by atoms with Gasteiger partial charge in [0.1, 0.15) is 6.54 Å². The largest absolute Gasteiger partial charge is 0.454 e. The van der Waals surface area contributed by atoms with Gasteiger partial charge in [-0.25, -0.2) is 0 Å². The van der Waals surface area contributed by atoms with E-state index in [9.17, 15) is 14.4 Å². The summed E-state index contributed by atoms with van der Waals surface area (Å²) in [4.78, 5) is 37.5. The topological polar surface area (TPSA) is 75.7 Å². The SMILES string of the molecule is CCCN(CCC)C(=O)COC(=O)CNC(=O)c1ccc(C)c(C)c1. The van der Waals surface area contributed by atoms with Crippen molar-refractivity contribution < 1.29 is 19.1 Å². The molecule has 25 heavy (non-hydrogen) atoms. The molecule has 1 aromatic carbocycles. The molecule has 0 saturated heterocycles. The highest BCUT2D eigenvalue weighted by Gasteiger charge is 2.15. The molecule has 138 valence electrons. The average molecular weight is 348 g/mol. The number of nitrogens with one attached hydrogen (secondary N) is 1. The Labute approximate surface area is 149 Å². The van der Waals surface area contributed by atoms with E-state index < -0.39 is 5.97 Å². The Balaban J connectivity index is 2.42. The second-order valence-electron chi connectivity index (χ2n) is 6.02. The Morgan fingerprint density at radius 1 is 1.04 bits per heavy atom. The van der Waals surface area contributed by atoms with Crippen LogP contribution < -0.4 is 5.32 Å². The third-order valence-electron chi connectivity index (χ3n) is 3.86. The van der Waals surface area contributed by atoms with Crippen molar-refractivity contribution in [3.8, 4) is 0 Å². The van der Waals surface area contributed by atoms with Crippen molar-refractivity contribution in [3.05, 3.63) is 34.9 Å². The van der Waals surface area contributed by atoms with E-state index in [2.05, 4.69) is 5.32 Å². The molecule has 2 amide bonds. The van der Waals surface area contributed by atoms with E-state index in [4.69, 9.17) is 4.74 Å². The second-order valence-corrected chi connectivity index (χ2v) is 6.02. The fourth-order valence-corrected chi connectivity index (χ4v) is 2.32. The van der Waals surface area contributed by atoms with Crippen LogP contribution in [0.4, 0.5) is 0 Å². The van der Waals surface area contributed by atoms with Crippen LogP contribution in [0.1, 0.15) is 48.2 Å². The fourth-order valence-electron chi connectivity index (χ4n) is 2.32. The first-order valence-corrected chi connectivity index (χ1v) is 8.67. The number of aryl methyl sites for hydroxylation is 2. The highest BCUT2D eigenvalue weighted by Crippen LogP contribution is 2.09. The maximum absolute atomic E-state index is 12.0. The molecule has 0 unspecified atom stereocenters. The van der Waals surface area contributed by atoms with Gasteiger partial charge in [-0.05, 0) is 49.9 Å². The Morgan fingerprint density at radius 2 is 1.68 bits per heavy atom. The Bertz CT molecular complexity index is 607. The van der Waals surface area contributed by atoms with Crippen molar-refractivity contribution in [1.29, 1.82) is 0 Å². The minimum absolute atomic E-state index is 0.211. The van der Waals surface area contributed by atoms with Gasteiger partial charge in [-0.15, -0.1) is 0 Å². The molecule has 1 aromatic rings. The van der Waals surface area contributed by atoms with E-state index in [0.29, 0.717) is 18.7 Å². The molecule has 0 bridgehead atoms. The van der Waals surface area contributed by atoms with Gasteiger partial charge in [-0.1, -0.05) is 19.9 Å². The summed E-state index contributed by atoms with van der Waals surface area (Å²) in [5.41, 5.74) is 2.59. The molecule has 6 heteroatoms. The molecule has 6 nitrogen and oxygen atoms in total. The van der Waals surface area contributed by atoms with Gasteiger partial charge in [-0.3, -0.25) is 14.4 Å². The molecule has 0 fully saturated rings. The Hall–Kier alpha value is -2.37. The van der Waals surface area contributed by atoms with Crippen LogP contribution in [0.3, 0.4) is 0 Å². The fraction of sp³-hybridized carbons (Fsp3) is 0.526. The molecule has 0 atom stereocenters. The number of esters is 1. The lowest BCUT2D eigenvalue weighted by molar-refractivity contribution is -0.151. The predicted molar refractivity (Wildman–Crippen MR) is 96.4 cm³/mol. The molecular formula is C19H28N2O4. The van der Waals surface area contributed by atoms with Crippen LogP contribution in [0, 0.1) is 13.8 Å². The standard InChI is InChI=1S/C19H28N2O4/c1-5-9-21(10-6-2)17(22)13-25-18(23)12-20-19(24)16-8-7-14(3)15(4)11-16/h7-8,11H,5-6,9-10,12-13H2,1-4H3,(H,20,24). The number of ether oxygens (including phenoxy) is 1. The quantitative estimate of drug-likeness (QED) is 0.694. The lowest BCUT2D eigenvalue weighted by atomic mass is 10.1. The van der Waals surface area contributed by atoms with Crippen molar-refractivity contribution in [2.45, 2.75) is 40.5 Å². The molecule has 0 aliphatic heterocycles. The summed E-state index contributed by atoms with van der Waals surface area (Å²) < 4.78 is 4.96. The summed E-state index contributed by atoms with van der Waals surface area (Å²) in [5, 5.41) is 2.51. The first kappa shape index (κ1) is 20.7. The first-order chi connectivity index (χ1) is 11.9. The van der Waals surface area contributed by atoms with Gasteiger partial charge in [0, 0.05) is 18.7 Å². The van der Waals surface area contributed by atoms with Crippen LogP contribution in [0.25, 0.3) is 0 Å². The number of carbonyl (C=O) groups excluding carboxylic acids is 3. The van der Waals surface area contributed by atoms with E-state index >= 15 is 0 Å². The third-order valence-corrected chi connectivity index (χ3v) is 3.86. The molecule has 0 saturated carbocycles. The van der Waals surface area contributed by atoms with E-state index in [1.54, 1.807) is 17.0 Å². The number of carbonyl (C=O) groups is 3. The van der Waals surface area contributed by atoms with E-state index in [0.717, 1.165) is 24.0 Å². The lowest BCUT2D eigenvalue weighted by Crippen LogP contribution is -2.37. The summed E-state index contributed by atoms with van der Waals surface area (Å²) in [6.45, 7) is 8.60. The van der Waals surface area contributed by atoms with Crippen molar-refractivity contribution in [3.63, 3.8) is 0 Å². The monoisotopic (exact) mass is 348 g/mol. The maximum atomic E-state index is 12.0. The first-order valence-electron chi connectivity index (χ1n) is 8.67. The molecule has 0 radical (unpaired) electrons. The van der Waals surface area contributed by atoms with E-state index in [1.807, 2.05) is 33.8 Å². The second kappa shape index (κ2) is 10.5. The molecule has 1 N–H and O–H groups in total. The number of nitrogens with zero attached hydrogens (tertiary/aromatic N) is 1. The predicted octanol–water partition coefficient (Wildman–Crippen LogP) is 2.23. The molecule has 1 rings (SSSR count). The van der Waals surface area contributed by atoms with Gasteiger partial charge < -0.3 is 15.0 Å². The van der Waals surface area contributed by atoms with Gasteiger partial charge in [-0.2, -0.15) is 0 Å². The summed E-state index contributed by atoms with van der Waals surface area (Å²) in [5.74, 6) is -1.18. The summed E-state index contributed by atoms with van der Waals surface area (Å²) in [6, 6.07) is 5.34. The highest BCUT2D eigenvalue weighted by molar-refractivity contribution is 5.96. The lowest BCUT2D eigenvalue weighted by Gasteiger charge is -2.21. The van der Waals surface area contributed by atoms with Crippen LogP contribution in [0.2, 0.25) is 0 Å². The third kappa shape index (κ3) is 6.95. The smallest absolute Gasteiger partial charge is 0.325 e. The van der Waals surface area contributed by atoms with E-state index in [-0.39, 0.29) is 25.0 Å². The van der Waals surface area contributed by atoms with Crippen molar-refractivity contribution in [2.75, 3.05) is 26.2 Å². The van der Waals surface area contributed by atoms with Crippen molar-refractivity contribution in [1.82, 2.24) is 10.2 Å².